The molecule has 156 valence electrons. The Morgan fingerprint density at radius 2 is 1.87 bits per heavy atom. The summed E-state index contributed by atoms with van der Waals surface area (Å²) in [6.45, 7) is 4.03. The van der Waals surface area contributed by atoms with Crippen LogP contribution >= 0.6 is 0 Å². The average Bonchev–Trinajstić information content (AvgIpc) is 3.15. The van der Waals surface area contributed by atoms with Crippen molar-refractivity contribution in [3.8, 4) is 0 Å². The number of benzene rings is 1. The number of nitrogens with zero attached hydrogens (tertiary/aromatic N) is 4. The smallest absolute Gasteiger partial charge is 0.324 e. The summed E-state index contributed by atoms with van der Waals surface area (Å²) >= 11 is 0. The molecule has 3 aromatic heterocycles. The number of fused-ring (bicyclic) bond motifs is 1. The molecule has 0 fully saturated rings. The first-order chi connectivity index (χ1) is 14.9. The fourth-order valence-electron chi connectivity index (χ4n) is 3.29. The van der Waals surface area contributed by atoms with Crippen molar-refractivity contribution in [1.29, 1.82) is 0 Å². The zero-order chi connectivity index (χ0) is 22.0. The molecular weight excluding hydrogens is 394 g/mol. The van der Waals surface area contributed by atoms with E-state index in [2.05, 4.69) is 25.7 Å². The number of ketones is 1. The number of aromatic nitrogens is 4. The third kappa shape index (κ3) is 4.06. The van der Waals surface area contributed by atoms with Gasteiger partial charge in [0.25, 0.3) is 0 Å². The van der Waals surface area contributed by atoms with Crippen molar-refractivity contribution in [2.24, 2.45) is 0 Å². The molecule has 9 heteroatoms. The molecule has 0 bridgehead atoms. The first-order valence-electron chi connectivity index (χ1n) is 9.70. The van der Waals surface area contributed by atoms with Crippen molar-refractivity contribution in [2.45, 2.75) is 19.8 Å². The average molecular weight is 415 g/mol. The highest BCUT2D eigenvalue weighted by atomic mass is 16.2. The van der Waals surface area contributed by atoms with E-state index in [4.69, 9.17) is 5.73 Å². The van der Waals surface area contributed by atoms with Crippen LogP contribution in [0.4, 0.5) is 22.1 Å². The van der Waals surface area contributed by atoms with Crippen LogP contribution in [0.5, 0.6) is 0 Å². The fourth-order valence-corrected chi connectivity index (χ4v) is 3.29. The SMILES string of the molecule is CC(C)c1cc(C(=O)c2cccc(NC(=O)Nc3ccccn3)c2)c2c(N)ncnn12. The Labute approximate surface area is 178 Å². The molecule has 3 heterocycles. The van der Waals surface area contributed by atoms with E-state index in [9.17, 15) is 9.59 Å². The molecule has 0 saturated carbocycles. The number of carbonyl (C=O) groups is 2. The summed E-state index contributed by atoms with van der Waals surface area (Å²) in [6, 6.07) is 13.2. The van der Waals surface area contributed by atoms with E-state index >= 15 is 0 Å². The zero-order valence-corrected chi connectivity index (χ0v) is 17.0. The number of nitrogen functional groups attached to an aromatic ring is 1. The molecule has 9 nitrogen and oxygen atoms in total. The number of urea groups is 1. The van der Waals surface area contributed by atoms with Gasteiger partial charge in [0.2, 0.25) is 0 Å². The third-order valence-electron chi connectivity index (χ3n) is 4.74. The van der Waals surface area contributed by atoms with Gasteiger partial charge in [-0.25, -0.2) is 19.3 Å². The van der Waals surface area contributed by atoms with Gasteiger partial charge in [-0.1, -0.05) is 32.0 Å². The van der Waals surface area contributed by atoms with Gasteiger partial charge in [-0.15, -0.1) is 0 Å². The molecule has 0 spiro atoms. The molecule has 1 aromatic carbocycles. The van der Waals surface area contributed by atoms with Crippen LogP contribution in [0.1, 0.15) is 41.4 Å². The highest BCUT2D eigenvalue weighted by Crippen LogP contribution is 2.27. The van der Waals surface area contributed by atoms with Gasteiger partial charge in [0.05, 0.1) is 5.56 Å². The molecule has 0 atom stereocenters. The number of hydrogen-bond acceptors (Lipinski definition) is 6. The third-order valence-corrected chi connectivity index (χ3v) is 4.74. The van der Waals surface area contributed by atoms with Crippen LogP contribution in [0.2, 0.25) is 0 Å². The molecular formula is C22H21N7O2. The van der Waals surface area contributed by atoms with Gasteiger partial charge in [0.15, 0.2) is 11.6 Å². The lowest BCUT2D eigenvalue weighted by atomic mass is 10.0. The van der Waals surface area contributed by atoms with Crippen molar-refractivity contribution in [2.75, 3.05) is 16.4 Å². The molecule has 4 rings (SSSR count). The number of carbonyl (C=O) groups excluding carboxylic acids is 2. The van der Waals surface area contributed by atoms with E-state index in [1.165, 1.54) is 6.33 Å². The lowest BCUT2D eigenvalue weighted by molar-refractivity contribution is 0.104. The molecule has 0 saturated heterocycles. The Balaban J connectivity index is 1.63. The number of amides is 2. The van der Waals surface area contributed by atoms with E-state index in [0.29, 0.717) is 28.1 Å². The molecule has 0 radical (unpaired) electrons. The summed E-state index contributed by atoms with van der Waals surface area (Å²) in [5, 5.41) is 9.61. The molecule has 0 aliphatic heterocycles. The van der Waals surface area contributed by atoms with E-state index < -0.39 is 6.03 Å². The topological polar surface area (TPSA) is 127 Å². The summed E-state index contributed by atoms with van der Waals surface area (Å²) in [5.74, 6) is 0.546. The van der Waals surface area contributed by atoms with Gasteiger partial charge >= 0.3 is 6.03 Å². The first kappa shape index (κ1) is 20.0. The number of rotatable bonds is 5. The van der Waals surface area contributed by atoms with E-state index in [0.717, 1.165) is 5.69 Å². The number of nitrogens with one attached hydrogen (secondary N) is 2. The van der Waals surface area contributed by atoms with Gasteiger partial charge < -0.3 is 11.1 Å². The lowest BCUT2D eigenvalue weighted by Gasteiger charge is -2.08. The number of pyridine rings is 1. The van der Waals surface area contributed by atoms with Crippen LogP contribution in [-0.4, -0.2) is 31.4 Å². The zero-order valence-electron chi connectivity index (χ0n) is 17.0. The van der Waals surface area contributed by atoms with Crippen LogP contribution in [0.25, 0.3) is 5.52 Å². The second kappa shape index (κ2) is 8.23. The standard InChI is InChI=1S/C22H21N7O2/c1-13(2)17-11-16(19-21(23)25-12-26-29(17)19)20(30)14-6-5-7-15(10-14)27-22(31)28-18-8-3-4-9-24-18/h3-13H,1-2H3,(H2,23,25,26)(H2,24,27,28,31). The van der Waals surface area contributed by atoms with Gasteiger partial charge in [0.1, 0.15) is 17.7 Å². The fraction of sp³-hybridized carbons (Fsp3) is 0.136. The summed E-state index contributed by atoms with van der Waals surface area (Å²) in [6.07, 6.45) is 2.95. The molecule has 2 amide bonds. The summed E-state index contributed by atoms with van der Waals surface area (Å²) in [5.41, 5.74) is 8.68. The first-order valence-corrected chi connectivity index (χ1v) is 9.70. The van der Waals surface area contributed by atoms with Gasteiger partial charge in [-0.05, 0) is 36.2 Å². The highest BCUT2D eigenvalue weighted by molar-refractivity contribution is 6.15. The molecule has 4 aromatic rings. The Morgan fingerprint density at radius 3 is 2.61 bits per heavy atom. The van der Waals surface area contributed by atoms with Gasteiger partial charge in [0, 0.05) is 23.1 Å². The lowest BCUT2D eigenvalue weighted by Crippen LogP contribution is -2.20. The largest absolute Gasteiger partial charge is 0.382 e. The quantitative estimate of drug-likeness (QED) is 0.427. The van der Waals surface area contributed by atoms with Crippen molar-refractivity contribution in [3.05, 3.63) is 77.9 Å². The normalized spacial score (nSPS) is 10.9. The van der Waals surface area contributed by atoms with Crippen molar-refractivity contribution < 1.29 is 9.59 Å². The monoisotopic (exact) mass is 415 g/mol. The summed E-state index contributed by atoms with van der Waals surface area (Å²) in [7, 11) is 0. The van der Waals surface area contributed by atoms with Crippen LogP contribution < -0.4 is 16.4 Å². The Hall–Kier alpha value is -4.27. The number of nitrogens with two attached hydrogens (primary N) is 1. The molecule has 0 aliphatic rings. The molecule has 0 aliphatic carbocycles. The van der Waals surface area contributed by atoms with Crippen molar-refractivity contribution in [3.63, 3.8) is 0 Å². The predicted octanol–water partition coefficient (Wildman–Crippen LogP) is 3.70. The second-order valence-corrected chi connectivity index (χ2v) is 7.25. The van der Waals surface area contributed by atoms with Crippen molar-refractivity contribution >= 4 is 34.7 Å². The highest BCUT2D eigenvalue weighted by Gasteiger charge is 2.22. The molecule has 0 unspecified atom stereocenters. The van der Waals surface area contributed by atoms with Gasteiger partial charge in [-0.3, -0.25) is 10.1 Å². The predicted molar refractivity (Wildman–Crippen MR) is 118 cm³/mol. The second-order valence-electron chi connectivity index (χ2n) is 7.25. The van der Waals surface area contributed by atoms with Crippen molar-refractivity contribution in [1.82, 2.24) is 19.6 Å². The maximum absolute atomic E-state index is 13.3. The summed E-state index contributed by atoms with van der Waals surface area (Å²) < 4.78 is 1.66. The van der Waals surface area contributed by atoms with E-state index in [1.807, 2.05) is 13.8 Å². The summed E-state index contributed by atoms with van der Waals surface area (Å²) in [4.78, 5) is 33.6. The minimum absolute atomic E-state index is 0.131. The number of anilines is 3. The molecule has 31 heavy (non-hydrogen) atoms. The maximum atomic E-state index is 13.3. The van der Waals surface area contributed by atoms with Crippen LogP contribution in [-0.2, 0) is 0 Å². The molecule has 4 N–H and O–H groups in total. The van der Waals surface area contributed by atoms with Gasteiger partial charge in [-0.2, -0.15) is 5.10 Å². The van der Waals surface area contributed by atoms with E-state index in [-0.39, 0.29) is 17.5 Å². The Morgan fingerprint density at radius 1 is 1.03 bits per heavy atom. The van der Waals surface area contributed by atoms with Crippen LogP contribution in [0, 0.1) is 0 Å². The van der Waals surface area contributed by atoms with Crippen LogP contribution in [0.15, 0.2) is 61.1 Å². The maximum Gasteiger partial charge on any atom is 0.324 e. The Bertz CT molecular complexity index is 1270. The number of hydrogen-bond donors (Lipinski definition) is 3. The van der Waals surface area contributed by atoms with Crippen LogP contribution in [0.3, 0.4) is 0 Å². The minimum atomic E-state index is -0.461. The minimum Gasteiger partial charge on any atom is -0.382 e. The Kier molecular flexibility index (Phi) is 5.31. The van der Waals surface area contributed by atoms with E-state index in [1.54, 1.807) is 59.2 Å².